The minimum absolute atomic E-state index is 0.140. The molecule has 3 fully saturated rings. The van der Waals surface area contributed by atoms with Crippen molar-refractivity contribution in [3.8, 4) is 0 Å². The molecule has 0 spiro atoms. The van der Waals surface area contributed by atoms with Crippen molar-refractivity contribution < 1.29 is 48.8 Å². The third-order valence-corrected chi connectivity index (χ3v) is 9.94. The van der Waals surface area contributed by atoms with Gasteiger partial charge in [0.05, 0.1) is 0 Å². The average molecular weight is 498 g/mol. The summed E-state index contributed by atoms with van der Waals surface area (Å²) in [5, 5.41) is 3.56. The van der Waals surface area contributed by atoms with Gasteiger partial charge in [-0.3, -0.25) is 10.0 Å². The van der Waals surface area contributed by atoms with E-state index in [9.17, 15) is 48.8 Å². The molecule has 2 bridgehead atoms. The van der Waals surface area contributed by atoms with Crippen LogP contribution >= 0.6 is 0 Å². The van der Waals surface area contributed by atoms with Crippen LogP contribution in [0.2, 0.25) is 0 Å². The van der Waals surface area contributed by atoms with E-state index in [1.807, 2.05) is 0 Å². The molecule has 0 saturated heterocycles. The van der Waals surface area contributed by atoms with E-state index in [4.69, 9.17) is 0 Å². The second-order valence-electron chi connectivity index (χ2n) is 8.40. The van der Waals surface area contributed by atoms with Crippen LogP contribution < -0.4 is 0 Å². The van der Waals surface area contributed by atoms with Crippen LogP contribution in [0.4, 0.5) is 22.0 Å². The van der Waals surface area contributed by atoms with Gasteiger partial charge in [-0.2, -0.15) is 30.4 Å². The zero-order chi connectivity index (χ0) is 23.4. The molecule has 180 valence electrons. The topological polar surface area (TPSA) is 112 Å². The maximum Gasteiger partial charge on any atom is 0.514 e. The van der Waals surface area contributed by atoms with Crippen molar-refractivity contribution in [3.05, 3.63) is 0 Å². The van der Waals surface area contributed by atoms with Crippen molar-refractivity contribution in [1.82, 2.24) is 8.77 Å². The summed E-state index contributed by atoms with van der Waals surface area (Å²) in [7, 11) is -14.0. The Morgan fingerprint density at radius 2 is 1.42 bits per heavy atom. The Balaban J connectivity index is 1.97. The molecule has 3 unspecified atom stereocenters. The Morgan fingerprint density at radius 1 is 0.839 bits per heavy atom. The highest BCUT2D eigenvalue weighted by molar-refractivity contribution is 8.05. The molecular weight excluding hydrogens is 475 g/mol. The Morgan fingerprint density at radius 3 is 1.87 bits per heavy atom. The van der Waals surface area contributed by atoms with Crippen LogP contribution in [0.3, 0.4) is 0 Å². The quantitative estimate of drug-likeness (QED) is 0.445. The molecular formula is C16H23F5N2O6S2. The lowest BCUT2D eigenvalue weighted by atomic mass is 9.88. The summed E-state index contributed by atoms with van der Waals surface area (Å²) >= 11 is 0. The molecule has 0 aromatic heterocycles. The third kappa shape index (κ3) is 4.06. The number of sulfonamides is 2. The Bertz CT molecular complexity index is 917. The van der Waals surface area contributed by atoms with Gasteiger partial charge in [-0.05, 0) is 43.9 Å². The summed E-state index contributed by atoms with van der Waals surface area (Å²) in [5.41, 5.74) is -6.37. The average Bonchev–Trinajstić information content (AvgIpc) is 3.30. The number of rotatable bonds is 6. The summed E-state index contributed by atoms with van der Waals surface area (Å²) in [4.78, 5) is 13.6. The van der Waals surface area contributed by atoms with E-state index in [1.54, 1.807) is 0 Å². The van der Waals surface area contributed by atoms with Crippen molar-refractivity contribution in [2.45, 2.75) is 80.6 Å². The number of halogens is 5. The predicted octanol–water partition coefficient (Wildman–Crippen LogP) is 2.80. The van der Waals surface area contributed by atoms with Gasteiger partial charge in [-0.15, -0.1) is 0 Å². The highest BCUT2D eigenvalue weighted by Crippen LogP contribution is 2.49. The van der Waals surface area contributed by atoms with Crippen molar-refractivity contribution in [1.29, 1.82) is 0 Å². The van der Waals surface area contributed by atoms with Gasteiger partial charge in [0.25, 0.3) is 0 Å². The molecule has 3 atom stereocenters. The predicted molar refractivity (Wildman–Crippen MR) is 95.4 cm³/mol. The molecule has 3 aliphatic rings. The molecule has 0 aliphatic heterocycles. The van der Waals surface area contributed by atoms with E-state index >= 15 is 0 Å². The van der Waals surface area contributed by atoms with E-state index in [-0.39, 0.29) is 11.8 Å². The number of amides is 1. The number of carbonyl (C=O) groups excluding carboxylic acids is 1. The standard InChI is InChI=1S/C16H23F5N2O6S2/c17-15(18,30(26,27)23(25)31(28,29)16(19,20)21)14(24)22(12-4-2-1-3-5-12)13-9-10-6-7-11(13)8-10/h10-13,25H,1-9H2. The first-order chi connectivity index (χ1) is 14.1. The molecule has 0 aromatic carbocycles. The maximum atomic E-state index is 14.9. The van der Waals surface area contributed by atoms with E-state index < -0.39 is 52.7 Å². The Kier molecular flexibility index (Phi) is 6.39. The molecule has 15 heteroatoms. The van der Waals surface area contributed by atoms with E-state index in [0.717, 1.165) is 17.7 Å². The number of carbonyl (C=O) groups is 1. The van der Waals surface area contributed by atoms with E-state index in [0.29, 0.717) is 44.9 Å². The highest BCUT2D eigenvalue weighted by Gasteiger charge is 2.66. The van der Waals surface area contributed by atoms with Crippen molar-refractivity contribution in [3.63, 3.8) is 0 Å². The van der Waals surface area contributed by atoms with Crippen molar-refractivity contribution in [2.24, 2.45) is 11.8 Å². The fraction of sp³-hybridized carbons (Fsp3) is 0.938. The lowest BCUT2D eigenvalue weighted by molar-refractivity contribution is -0.155. The molecule has 0 radical (unpaired) electrons. The van der Waals surface area contributed by atoms with Crippen LogP contribution in [0.25, 0.3) is 0 Å². The van der Waals surface area contributed by atoms with Crippen LogP contribution in [0, 0.1) is 11.8 Å². The number of nitrogens with zero attached hydrogens (tertiary/aromatic N) is 2. The van der Waals surface area contributed by atoms with Gasteiger partial charge in [0.15, 0.2) is 0 Å². The highest BCUT2D eigenvalue weighted by atomic mass is 32.3. The summed E-state index contributed by atoms with van der Waals surface area (Å²) < 4.78 is 112. The lowest BCUT2D eigenvalue weighted by Crippen LogP contribution is -2.60. The monoisotopic (exact) mass is 498 g/mol. The van der Waals surface area contributed by atoms with Gasteiger partial charge >= 0.3 is 36.7 Å². The minimum atomic E-state index is -7.08. The van der Waals surface area contributed by atoms with Gasteiger partial charge in [-0.1, -0.05) is 25.7 Å². The Labute approximate surface area is 176 Å². The smallest absolute Gasteiger partial charge is 0.330 e. The summed E-state index contributed by atoms with van der Waals surface area (Å²) in [6, 6.07) is -1.44. The van der Waals surface area contributed by atoms with Crippen molar-refractivity contribution in [2.75, 3.05) is 0 Å². The minimum Gasteiger partial charge on any atom is -0.330 e. The van der Waals surface area contributed by atoms with Gasteiger partial charge in [0.2, 0.25) is 0 Å². The molecule has 31 heavy (non-hydrogen) atoms. The third-order valence-electron chi connectivity index (χ3n) is 6.54. The lowest BCUT2D eigenvalue weighted by Gasteiger charge is -2.43. The molecule has 1 N–H and O–H groups in total. The van der Waals surface area contributed by atoms with E-state index in [2.05, 4.69) is 0 Å². The van der Waals surface area contributed by atoms with Crippen molar-refractivity contribution >= 4 is 26.0 Å². The van der Waals surface area contributed by atoms with Crippen LogP contribution in [0.15, 0.2) is 0 Å². The number of hydrogen-bond donors (Lipinski definition) is 1. The van der Waals surface area contributed by atoms with Crippen LogP contribution in [-0.2, 0) is 24.8 Å². The maximum absolute atomic E-state index is 14.9. The van der Waals surface area contributed by atoms with Crippen LogP contribution in [-0.4, -0.2) is 59.6 Å². The van der Waals surface area contributed by atoms with Gasteiger partial charge in [-0.25, -0.2) is 8.42 Å². The van der Waals surface area contributed by atoms with Gasteiger partial charge in [0.1, 0.15) is 0 Å². The summed E-state index contributed by atoms with van der Waals surface area (Å²) in [5.74, 6) is -2.26. The van der Waals surface area contributed by atoms with E-state index in [1.165, 1.54) is 0 Å². The van der Waals surface area contributed by atoms with Gasteiger partial charge in [0, 0.05) is 16.0 Å². The second-order valence-corrected chi connectivity index (χ2v) is 12.2. The number of hydrogen-bond acceptors (Lipinski definition) is 6. The first-order valence-electron chi connectivity index (χ1n) is 9.88. The van der Waals surface area contributed by atoms with Gasteiger partial charge < -0.3 is 4.90 Å². The molecule has 8 nitrogen and oxygen atoms in total. The zero-order valence-corrected chi connectivity index (χ0v) is 17.9. The normalized spacial score (nSPS) is 28.3. The molecule has 3 aliphatic carbocycles. The summed E-state index contributed by atoms with van der Waals surface area (Å²) in [6.45, 7) is 0. The molecule has 3 saturated carbocycles. The second kappa shape index (κ2) is 8.06. The number of alkyl halides is 5. The Hall–Kier alpha value is -1.06. The van der Waals surface area contributed by atoms with Crippen LogP contribution in [0.1, 0.15) is 57.8 Å². The first kappa shape index (κ1) is 24.6. The summed E-state index contributed by atoms with van der Waals surface area (Å²) in [6.07, 6.45) is 5.16. The molecule has 1 amide bonds. The number of fused-ring (bicyclic) bond motifs is 2. The van der Waals surface area contributed by atoms with Crippen LogP contribution in [0.5, 0.6) is 0 Å². The zero-order valence-electron chi connectivity index (χ0n) is 16.3. The first-order valence-corrected chi connectivity index (χ1v) is 12.8. The molecule has 0 heterocycles. The fourth-order valence-electron chi connectivity index (χ4n) is 5.07. The molecule has 0 aromatic rings. The largest absolute Gasteiger partial charge is 0.514 e. The molecule has 3 rings (SSSR count). The SMILES string of the molecule is O=C(N(C1CCCCC1)C1CC2CCC1C2)C(F)(F)S(=O)(=O)N(O)S(=O)(=O)C(F)(F)F. The fourth-order valence-corrected chi connectivity index (χ4v) is 7.34.